The summed E-state index contributed by atoms with van der Waals surface area (Å²) in [5.74, 6) is 0.909. The van der Waals surface area contributed by atoms with Crippen LogP contribution in [0, 0.1) is 0 Å². The van der Waals surface area contributed by atoms with Crippen LogP contribution in [0.25, 0.3) is 0 Å². The second-order valence-corrected chi connectivity index (χ2v) is 6.44. The number of benzene rings is 1. The van der Waals surface area contributed by atoms with Crippen molar-refractivity contribution < 1.29 is 0 Å². The van der Waals surface area contributed by atoms with Crippen LogP contribution in [0.15, 0.2) is 47.3 Å². The summed E-state index contributed by atoms with van der Waals surface area (Å²) in [4.78, 5) is 13.9. The number of aryl methyl sites for hydroxylation is 1. The highest BCUT2D eigenvalue weighted by molar-refractivity contribution is 5.38. The molecule has 1 aromatic carbocycles. The topological polar surface area (TPSA) is 50.2 Å². The van der Waals surface area contributed by atoms with Gasteiger partial charge >= 0.3 is 0 Å². The van der Waals surface area contributed by atoms with E-state index in [4.69, 9.17) is 0 Å². The summed E-state index contributed by atoms with van der Waals surface area (Å²) in [6, 6.07) is 14.5. The van der Waals surface area contributed by atoms with Gasteiger partial charge in [0, 0.05) is 32.2 Å². The molecular formula is C19H26N4O. The van der Waals surface area contributed by atoms with Crippen LogP contribution < -0.4 is 15.8 Å². The van der Waals surface area contributed by atoms with Gasteiger partial charge < -0.3 is 10.2 Å². The Morgan fingerprint density at radius 1 is 1.17 bits per heavy atom. The molecule has 0 aliphatic carbocycles. The highest BCUT2D eigenvalue weighted by Crippen LogP contribution is 2.21. The lowest BCUT2D eigenvalue weighted by Crippen LogP contribution is -2.46. The number of piperidine rings is 1. The second kappa shape index (κ2) is 8.11. The van der Waals surface area contributed by atoms with Crippen LogP contribution >= 0.6 is 0 Å². The van der Waals surface area contributed by atoms with Crippen molar-refractivity contribution in [2.24, 2.45) is 7.05 Å². The Hall–Kier alpha value is -2.14. The van der Waals surface area contributed by atoms with Gasteiger partial charge in [0.15, 0.2) is 0 Å². The molecule has 1 saturated heterocycles. The molecule has 0 saturated carbocycles. The largest absolute Gasteiger partial charge is 0.351 e. The first kappa shape index (κ1) is 16.7. The SMILES string of the molecule is Cn1nc(N2CCCCC2CNCCc2ccccc2)ccc1=O. The highest BCUT2D eigenvalue weighted by Gasteiger charge is 2.23. The first-order valence-electron chi connectivity index (χ1n) is 8.80. The van der Waals surface area contributed by atoms with Gasteiger partial charge in [0.05, 0.1) is 0 Å². The molecule has 0 amide bonds. The molecule has 0 spiro atoms. The third-order valence-corrected chi connectivity index (χ3v) is 4.68. The van der Waals surface area contributed by atoms with E-state index in [0.717, 1.165) is 31.9 Å². The van der Waals surface area contributed by atoms with Gasteiger partial charge in [0.25, 0.3) is 5.56 Å². The predicted octanol–water partition coefficient (Wildman–Crippen LogP) is 1.97. The Labute approximate surface area is 143 Å². The zero-order valence-electron chi connectivity index (χ0n) is 14.3. The van der Waals surface area contributed by atoms with Crippen molar-refractivity contribution in [3.63, 3.8) is 0 Å². The maximum Gasteiger partial charge on any atom is 0.266 e. The Kier molecular flexibility index (Phi) is 5.64. The van der Waals surface area contributed by atoms with E-state index in [1.807, 2.05) is 6.07 Å². The van der Waals surface area contributed by atoms with Crippen LogP contribution in [0.5, 0.6) is 0 Å². The molecule has 2 heterocycles. The molecule has 3 rings (SSSR count). The molecule has 128 valence electrons. The van der Waals surface area contributed by atoms with Crippen LogP contribution in [0.2, 0.25) is 0 Å². The van der Waals surface area contributed by atoms with Crippen LogP contribution in [0.1, 0.15) is 24.8 Å². The van der Waals surface area contributed by atoms with Crippen molar-refractivity contribution in [1.29, 1.82) is 0 Å². The smallest absolute Gasteiger partial charge is 0.266 e. The molecule has 1 atom stereocenters. The molecule has 1 unspecified atom stereocenters. The number of aromatic nitrogens is 2. The van der Waals surface area contributed by atoms with Crippen LogP contribution in [-0.2, 0) is 13.5 Å². The molecule has 1 aliphatic rings. The van der Waals surface area contributed by atoms with Crippen molar-refractivity contribution in [2.75, 3.05) is 24.5 Å². The molecule has 0 bridgehead atoms. The Bertz CT molecular complexity index is 698. The van der Waals surface area contributed by atoms with E-state index < -0.39 is 0 Å². The summed E-state index contributed by atoms with van der Waals surface area (Å²) in [5, 5.41) is 8.02. The van der Waals surface area contributed by atoms with Gasteiger partial charge in [0.1, 0.15) is 5.82 Å². The van der Waals surface area contributed by atoms with Crippen LogP contribution in [0.4, 0.5) is 5.82 Å². The zero-order valence-corrected chi connectivity index (χ0v) is 14.3. The van der Waals surface area contributed by atoms with E-state index in [9.17, 15) is 4.79 Å². The number of nitrogens with zero attached hydrogens (tertiary/aromatic N) is 3. The van der Waals surface area contributed by atoms with Crippen LogP contribution in [0.3, 0.4) is 0 Å². The quantitative estimate of drug-likeness (QED) is 0.825. The van der Waals surface area contributed by atoms with E-state index in [2.05, 4.69) is 45.6 Å². The minimum atomic E-state index is -0.0618. The first-order chi connectivity index (χ1) is 11.7. The number of anilines is 1. The third kappa shape index (κ3) is 4.23. The standard InChI is InChI=1S/C19H26N4O/c1-22-19(24)11-10-18(21-22)23-14-6-5-9-17(23)15-20-13-12-16-7-3-2-4-8-16/h2-4,7-8,10-11,17,20H,5-6,9,12-15H2,1H3. The zero-order chi connectivity index (χ0) is 16.8. The third-order valence-electron chi connectivity index (χ3n) is 4.68. The Balaban J connectivity index is 1.56. The average molecular weight is 326 g/mol. The summed E-state index contributed by atoms with van der Waals surface area (Å²) in [6.45, 7) is 2.95. The summed E-state index contributed by atoms with van der Waals surface area (Å²) in [6.07, 6.45) is 4.66. The van der Waals surface area contributed by atoms with Gasteiger partial charge in [-0.1, -0.05) is 30.3 Å². The second-order valence-electron chi connectivity index (χ2n) is 6.44. The van der Waals surface area contributed by atoms with Gasteiger partial charge in [0.2, 0.25) is 0 Å². The maximum atomic E-state index is 11.6. The van der Waals surface area contributed by atoms with Gasteiger partial charge in [-0.3, -0.25) is 4.79 Å². The van der Waals surface area contributed by atoms with Crippen molar-refractivity contribution in [1.82, 2.24) is 15.1 Å². The van der Waals surface area contributed by atoms with Gasteiger partial charge in [-0.15, -0.1) is 0 Å². The lowest BCUT2D eigenvalue weighted by molar-refractivity contribution is 0.430. The molecule has 5 heteroatoms. The molecule has 2 aromatic rings. The van der Waals surface area contributed by atoms with Crippen molar-refractivity contribution >= 4 is 5.82 Å². The van der Waals surface area contributed by atoms with E-state index in [1.54, 1.807) is 13.1 Å². The first-order valence-corrected chi connectivity index (χ1v) is 8.80. The number of rotatable bonds is 6. The fourth-order valence-corrected chi connectivity index (χ4v) is 3.30. The molecule has 1 aliphatic heterocycles. The molecule has 1 N–H and O–H groups in total. The van der Waals surface area contributed by atoms with E-state index in [-0.39, 0.29) is 5.56 Å². The molecule has 24 heavy (non-hydrogen) atoms. The van der Waals surface area contributed by atoms with Crippen LogP contribution in [-0.4, -0.2) is 35.5 Å². The fraction of sp³-hybridized carbons (Fsp3) is 0.474. The summed E-state index contributed by atoms with van der Waals surface area (Å²) < 4.78 is 1.42. The molecular weight excluding hydrogens is 300 g/mol. The predicted molar refractivity (Wildman–Crippen MR) is 97.5 cm³/mol. The van der Waals surface area contributed by atoms with Gasteiger partial charge in [-0.25, -0.2) is 4.68 Å². The summed E-state index contributed by atoms with van der Waals surface area (Å²) in [5.41, 5.74) is 1.30. The minimum Gasteiger partial charge on any atom is -0.351 e. The highest BCUT2D eigenvalue weighted by atomic mass is 16.1. The minimum absolute atomic E-state index is 0.0618. The van der Waals surface area contributed by atoms with Gasteiger partial charge in [-0.05, 0) is 43.9 Å². The monoisotopic (exact) mass is 326 g/mol. The van der Waals surface area contributed by atoms with E-state index in [1.165, 1.54) is 29.5 Å². The van der Waals surface area contributed by atoms with E-state index in [0.29, 0.717) is 6.04 Å². The normalized spacial score (nSPS) is 17.9. The van der Waals surface area contributed by atoms with E-state index >= 15 is 0 Å². The lowest BCUT2D eigenvalue weighted by Gasteiger charge is -2.36. The molecule has 1 fully saturated rings. The lowest BCUT2D eigenvalue weighted by atomic mass is 10.0. The molecule has 1 aromatic heterocycles. The number of hydrogen-bond donors (Lipinski definition) is 1. The Morgan fingerprint density at radius 2 is 2.00 bits per heavy atom. The maximum absolute atomic E-state index is 11.6. The summed E-state index contributed by atoms with van der Waals surface area (Å²) in [7, 11) is 1.71. The van der Waals surface area contributed by atoms with Crippen molar-refractivity contribution in [3.8, 4) is 0 Å². The van der Waals surface area contributed by atoms with Crippen molar-refractivity contribution in [2.45, 2.75) is 31.7 Å². The Morgan fingerprint density at radius 3 is 2.79 bits per heavy atom. The average Bonchev–Trinajstić information content (AvgIpc) is 2.62. The number of nitrogens with one attached hydrogen (secondary N) is 1. The molecule has 0 radical (unpaired) electrons. The molecule has 5 nitrogen and oxygen atoms in total. The summed E-state index contributed by atoms with van der Waals surface area (Å²) >= 11 is 0. The van der Waals surface area contributed by atoms with Gasteiger partial charge in [-0.2, -0.15) is 5.10 Å². The fourth-order valence-electron chi connectivity index (χ4n) is 3.30. The van der Waals surface area contributed by atoms with Crippen molar-refractivity contribution in [3.05, 3.63) is 58.4 Å². The number of hydrogen-bond acceptors (Lipinski definition) is 4.